The predicted molar refractivity (Wildman–Crippen MR) is 96.2 cm³/mol. The van der Waals surface area contributed by atoms with E-state index in [0.717, 1.165) is 4.90 Å². The van der Waals surface area contributed by atoms with Gasteiger partial charge in [-0.2, -0.15) is 0 Å². The summed E-state index contributed by atoms with van der Waals surface area (Å²) in [6.45, 7) is 2.85. The van der Waals surface area contributed by atoms with Crippen LogP contribution in [0.1, 0.15) is 46.0 Å². The average molecular weight is 374 g/mol. The number of rotatable bonds is 4. The monoisotopic (exact) mass is 374 g/mol. The minimum Gasteiger partial charge on any atom is -0.363 e. The molecule has 1 unspecified atom stereocenters. The molecule has 26 heavy (non-hydrogen) atoms. The molecule has 8 nitrogen and oxygen atoms in total. The van der Waals surface area contributed by atoms with Crippen LogP contribution in [0.5, 0.6) is 0 Å². The summed E-state index contributed by atoms with van der Waals surface area (Å²) in [4.78, 5) is 50.0. The fourth-order valence-corrected chi connectivity index (χ4v) is 3.35. The maximum absolute atomic E-state index is 12.9. The Bertz CT molecular complexity index is 823. The van der Waals surface area contributed by atoms with Crippen LogP contribution in [-0.2, 0) is 16.1 Å². The molecule has 3 N–H and O–H groups in total. The number of piperidine rings is 1. The van der Waals surface area contributed by atoms with Gasteiger partial charge in [0.05, 0.1) is 11.1 Å². The third kappa shape index (κ3) is 3.17. The number of carbonyl (C=O) groups is 4. The van der Waals surface area contributed by atoms with Gasteiger partial charge in [0.2, 0.25) is 11.8 Å². The molecule has 1 aromatic rings. The molecule has 1 aromatic carbocycles. The number of benzene rings is 1. The molecule has 4 amide bonds. The molecule has 2 aliphatic rings. The van der Waals surface area contributed by atoms with E-state index in [1.807, 2.05) is 6.92 Å². The fourth-order valence-electron chi connectivity index (χ4n) is 3.13. The van der Waals surface area contributed by atoms with Crippen molar-refractivity contribution in [2.45, 2.75) is 32.4 Å². The van der Waals surface area contributed by atoms with Crippen molar-refractivity contribution in [3.63, 3.8) is 0 Å². The Morgan fingerprint density at radius 2 is 2.00 bits per heavy atom. The maximum atomic E-state index is 12.9. The summed E-state index contributed by atoms with van der Waals surface area (Å²) in [7, 11) is 0. The number of nitrogens with one attached hydrogen (secondary N) is 3. The van der Waals surface area contributed by atoms with E-state index < -0.39 is 29.7 Å². The molecule has 1 fully saturated rings. The first-order valence-electron chi connectivity index (χ1n) is 8.29. The minimum absolute atomic E-state index is 0.0924. The first kappa shape index (κ1) is 18.0. The van der Waals surface area contributed by atoms with Crippen LogP contribution in [-0.4, -0.2) is 46.2 Å². The molecule has 1 atom stereocenters. The summed E-state index contributed by atoms with van der Waals surface area (Å²) < 4.78 is 0. The normalized spacial score (nSPS) is 19.3. The number of carbonyl (C=O) groups excluding carboxylic acids is 4. The molecular weight excluding hydrogens is 356 g/mol. The molecule has 0 radical (unpaired) electrons. The Hall–Kier alpha value is -2.81. The Balaban J connectivity index is 1.86. The van der Waals surface area contributed by atoms with Crippen molar-refractivity contribution < 1.29 is 19.2 Å². The Morgan fingerprint density at radius 1 is 1.23 bits per heavy atom. The van der Waals surface area contributed by atoms with E-state index >= 15 is 0 Å². The van der Waals surface area contributed by atoms with Crippen molar-refractivity contribution in [2.75, 3.05) is 6.54 Å². The first-order chi connectivity index (χ1) is 12.4. The smallest absolute Gasteiger partial charge is 0.262 e. The third-order valence-corrected chi connectivity index (χ3v) is 4.62. The molecule has 9 heteroatoms. The van der Waals surface area contributed by atoms with E-state index in [0.29, 0.717) is 17.2 Å². The van der Waals surface area contributed by atoms with E-state index in [1.165, 1.54) is 0 Å². The highest BCUT2D eigenvalue weighted by atomic mass is 32.1. The van der Waals surface area contributed by atoms with Crippen LogP contribution in [0.4, 0.5) is 0 Å². The topological polar surface area (TPSA) is 108 Å². The van der Waals surface area contributed by atoms with Gasteiger partial charge >= 0.3 is 0 Å². The third-order valence-electron chi connectivity index (χ3n) is 4.33. The van der Waals surface area contributed by atoms with Crippen LogP contribution in [0.25, 0.3) is 0 Å². The lowest BCUT2D eigenvalue weighted by molar-refractivity contribution is -0.136. The zero-order chi connectivity index (χ0) is 18.8. The first-order valence-corrected chi connectivity index (χ1v) is 8.70. The van der Waals surface area contributed by atoms with Gasteiger partial charge < -0.3 is 10.6 Å². The molecule has 0 aliphatic carbocycles. The molecule has 0 bridgehead atoms. The quantitative estimate of drug-likeness (QED) is 0.506. The SMILES string of the molecule is CCNC(=S)NCc1cccc2c1C(=O)N(C1CCC(=O)NC1=O)C2=O. The number of fused-ring (bicyclic) bond motifs is 1. The lowest BCUT2D eigenvalue weighted by Crippen LogP contribution is -2.54. The van der Waals surface area contributed by atoms with Crippen LogP contribution < -0.4 is 16.0 Å². The van der Waals surface area contributed by atoms with Gasteiger partial charge in [0.1, 0.15) is 6.04 Å². The second kappa shape index (κ2) is 7.20. The molecule has 136 valence electrons. The number of thiocarbonyl (C=S) groups is 1. The molecule has 3 rings (SSSR count). The van der Waals surface area contributed by atoms with E-state index in [2.05, 4.69) is 16.0 Å². The predicted octanol–water partition coefficient (Wildman–Crippen LogP) is 0.0718. The van der Waals surface area contributed by atoms with Crippen LogP contribution in [0.2, 0.25) is 0 Å². The number of imide groups is 2. The second-order valence-corrected chi connectivity index (χ2v) is 6.41. The number of amides is 4. The van der Waals surface area contributed by atoms with Gasteiger partial charge in [0.25, 0.3) is 11.8 Å². The van der Waals surface area contributed by atoms with Crippen molar-refractivity contribution in [1.29, 1.82) is 0 Å². The van der Waals surface area contributed by atoms with E-state index in [-0.39, 0.29) is 30.5 Å². The zero-order valence-corrected chi connectivity index (χ0v) is 14.9. The summed E-state index contributed by atoms with van der Waals surface area (Å²) in [5.41, 5.74) is 1.15. The van der Waals surface area contributed by atoms with Gasteiger partial charge in [0, 0.05) is 19.5 Å². The highest BCUT2D eigenvalue weighted by molar-refractivity contribution is 7.80. The van der Waals surface area contributed by atoms with Crippen molar-refractivity contribution in [3.05, 3.63) is 34.9 Å². The lowest BCUT2D eigenvalue weighted by Gasteiger charge is -2.27. The Labute approximate surface area is 155 Å². The molecular formula is C17H18N4O4S. The van der Waals surface area contributed by atoms with E-state index in [9.17, 15) is 19.2 Å². The molecule has 0 saturated carbocycles. The van der Waals surface area contributed by atoms with Crippen molar-refractivity contribution in [2.24, 2.45) is 0 Å². The van der Waals surface area contributed by atoms with Crippen LogP contribution in [0, 0.1) is 0 Å². The van der Waals surface area contributed by atoms with Gasteiger partial charge in [0.15, 0.2) is 5.11 Å². The summed E-state index contributed by atoms with van der Waals surface area (Å²) in [6, 6.07) is 4.02. The lowest BCUT2D eigenvalue weighted by atomic mass is 10.0. The molecule has 2 heterocycles. The Morgan fingerprint density at radius 3 is 2.69 bits per heavy atom. The summed E-state index contributed by atoms with van der Waals surface area (Å²) in [5.74, 6) is -2.06. The largest absolute Gasteiger partial charge is 0.363 e. The zero-order valence-electron chi connectivity index (χ0n) is 14.1. The van der Waals surface area contributed by atoms with E-state index in [1.54, 1.807) is 18.2 Å². The number of hydrogen-bond acceptors (Lipinski definition) is 5. The number of hydrogen-bond donors (Lipinski definition) is 3. The van der Waals surface area contributed by atoms with Gasteiger partial charge in [-0.1, -0.05) is 12.1 Å². The Kier molecular flexibility index (Phi) is 4.99. The summed E-state index contributed by atoms with van der Waals surface area (Å²) in [6.07, 6.45) is 0.226. The average Bonchev–Trinajstić information content (AvgIpc) is 2.85. The van der Waals surface area contributed by atoms with Crippen LogP contribution >= 0.6 is 12.2 Å². The van der Waals surface area contributed by atoms with Gasteiger partial charge in [-0.05, 0) is 37.2 Å². The van der Waals surface area contributed by atoms with E-state index in [4.69, 9.17) is 12.2 Å². The highest BCUT2D eigenvalue weighted by Crippen LogP contribution is 2.29. The van der Waals surface area contributed by atoms with Crippen LogP contribution in [0.3, 0.4) is 0 Å². The van der Waals surface area contributed by atoms with Gasteiger partial charge in [-0.15, -0.1) is 0 Å². The van der Waals surface area contributed by atoms with Gasteiger partial charge in [-0.25, -0.2) is 0 Å². The maximum Gasteiger partial charge on any atom is 0.262 e. The van der Waals surface area contributed by atoms with Crippen molar-refractivity contribution in [1.82, 2.24) is 20.9 Å². The van der Waals surface area contributed by atoms with Crippen LogP contribution in [0.15, 0.2) is 18.2 Å². The van der Waals surface area contributed by atoms with Gasteiger partial charge in [-0.3, -0.25) is 29.4 Å². The molecule has 0 aromatic heterocycles. The molecule has 2 aliphatic heterocycles. The fraction of sp³-hybridized carbons (Fsp3) is 0.353. The molecule has 1 saturated heterocycles. The molecule has 0 spiro atoms. The minimum atomic E-state index is -0.969. The standard InChI is InChI=1S/C17H18N4O4S/c1-2-18-17(26)19-8-9-4-3-5-10-13(9)16(25)21(15(10)24)11-6-7-12(22)20-14(11)23/h3-5,11H,2,6-8H2,1H3,(H2,18,19,26)(H,20,22,23). The second-order valence-electron chi connectivity index (χ2n) is 6.00. The summed E-state index contributed by atoms with van der Waals surface area (Å²) >= 11 is 5.12. The van der Waals surface area contributed by atoms with Crippen molar-refractivity contribution in [3.8, 4) is 0 Å². The highest BCUT2D eigenvalue weighted by Gasteiger charge is 2.45. The summed E-state index contributed by atoms with van der Waals surface area (Å²) in [5, 5.41) is 8.56. The van der Waals surface area contributed by atoms with Crippen molar-refractivity contribution >= 4 is 41.0 Å². The number of nitrogens with zero attached hydrogens (tertiary/aromatic N) is 1.